The molecular formula is C35H52N2O4. The Bertz CT molecular complexity index is 986. The Labute approximate surface area is 248 Å². The molecule has 0 spiro atoms. The van der Waals surface area contributed by atoms with E-state index in [-0.39, 0.29) is 5.91 Å². The van der Waals surface area contributed by atoms with Crippen molar-refractivity contribution in [1.29, 1.82) is 0 Å². The highest BCUT2D eigenvalue weighted by molar-refractivity contribution is 5.91. The number of rotatable bonds is 23. The molecule has 0 atom stereocenters. The van der Waals surface area contributed by atoms with Crippen LogP contribution in [0.3, 0.4) is 0 Å². The second kappa shape index (κ2) is 22.5. The van der Waals surface area contributed by atoms with Gasteiger partial charge in [0.05, 0.1) is 18.4 Å². The molecule has 0 heterocycles. The number of unbranched alkanes of at least 4 members (excludes halogenated alkanes) is 14. The monoisotopic (exact) mass is 564 g/mol. The summed E-state index contributed by atoms with van der Waals surface area (Å²) in [6.07, 6.45) is 22.6. The smallest absolute Gasteiger partial charge is 0.343 e. The third kappa shape index (κ3) is 16.6. The largest absolute Gasteiger partial charge is 0.494 e. The fourth-order valence-electron chi connectivity index (χ4n) is 4.59. The molecule has 0 saturated heterocycles. The van der Waals surface area contributed by atoms with Crippen molar-refractivity contribution in [3.8, 4) is 11.5 Å². The van der Waals surface area contributed by atoms with Gasteiger partial charge in [0.15, 0.2) is 0 Å². The number of nitrogens with one attached hydrogen (secondary N) is 1. The van der Waals surface area contributed by atoms with Crippen molar-refractivity contribution in [2.45, 2.75) is 123 Å². The predicted octanol–water partition coefficient (Wildman–Crippen LogP) is 9.41. The van der Waals surface area contributed by atoms with Gasteiger partial charge in [-0.3, -0.25) is 4.79 Å². The van der Waals surface area contributed by atoms with Crippen molar-refractivity contribution in [3.63, 3.8) is 0 Å². The van der Waals surface area contributed by atoms with Crippen molar-refractivity contribution in [2.75, 3.05) is 6.61 Å². The standard InChI is InChI=1S/C35H52N2O4/c1-3-5-6-7-8-9-10-11-12-13-14-15-16-17-18-19-34(38)37-36-29-30-20-24-33(25-21-30)41-35(39)31-22-26-32(27-23-31)40-28-4-2/h20-27,29H,3-19,28H2,1-2H3,(H,37,38). The van der Waals surface area contributed by atoms with Crippen LogP contribution in [0, 0.1) is 0 Å². The van der Waals surface area contributed by atoms with Crippen LogP contribution in [0.5, 0.6) is 11.5 Å². The Morgan fingerprint density at radius 2 is 1.17 bits per heavy atom. The van der Waals surface area contributed by atoms with Crippen LogP contribution in [-0.2, 0) is 4.79 Å². The molecule has 2 aromatic rings. The van der Waals surface area contributed by atoms with Gasteiger partial charge in [-0.15, -0.1) is 0 Å². The third-order valence-electron chi connectivity index (χ3n) is 7.06. The molecule has 1 amide bonds. The van der Waals surface area contributed by atoms with Gasteiger partial charge in [-0.05, 0) is 66.9 Å². The average Bonchev–Trinajstić information content (AvgIpc) is 2.99. The van der Waals surface area contributed by atoms with Gasteiger partial charge in [0, 0.05) is 6.42 Å². The number of nitrogens with zero attached hydrogens (tertiary/aromatic N) is 1. The summed E-state index contributed by atoms with van der Waals surface area (Å²) in [5, 5.41) is 4.05. The molecule has 41 heavy (non-hydrogen) atoms. The third-order valence-corrected chi connectivity index (χ3v) is 7.06. The van der Waals surface area contributed by atoms with Crippen LogP contribution < -0.4 is 14.9 Å². The number of benzene rings is 2. The number of carbonyl (C=O) groups excluding carboxylic acids is 2. The van der Waals surface area contributed by atoms with E-state index in [1.54, 1.807) is 54.7 Å². The summed E-state index contributed by atoms with van der Waals surface area (Å²) >= 11 is 0. The molecule has 0 fully saturated rings. The summed E-state index contributed by atoms with van der Waals surface area (Å²) in [6.45, 7) is 4.95. The minimum atomic E-state index is -0.431. The first-order valence-electron chi connectivity index (χ1n) is 16.0. The second-order valence-electron chi connectivity index (χ2n) is 10.8. The Morgan fingerprint density at radius 3 is 1.71 bits per heavy atom. The number of hydrogen-bond donors (Lipinski definition) is 1. The van der Waals surface area contributed by atoms with E-state index in [4.69, 9.17) is 9.47 Å². The van der Waals surface area contributed by atoms with Crippen LogP contribution in [0.25, 0.3) is 0 Å². The van der Waals surface area contributed by atoms with Gasteiger partial charge in [0.1, 0.15) is 11.5 Å². The summed E-state index contributed by atoms with van der Waals surface area (Å²) in [6, 6.07) is 13.9. The summed E-state index contributed by atoms with van der Waals surface area (Å²) < 4.78 is 11.0. The first-order chi connectivity index (χ1) is 20.1. The highest BCUT2D eigenvalue weighted by atomic mass is 16.5. The van der Waals surface area contributed by atoms with Crippen LogP contribution in [0.2, 0.25) is 0 Å². The lowest BCUT2D eigenvalue weighted by Crippen LogP contribution is -2.16. The summed E-state index contributed by atoms with van der Waals surface area (Å²) in [5.41, 5.74) is 3.86. The number of amides is 1. The minimum absolute atomic E-state index is 0.0624. The van der Waals surface area contributed by atoms with Crippen molar-refractivity contribution < 1.29 is 19.1 Å². The number of hydrazone groups is 1. The van der Waals surface area contributed by atoms with Crippen molar-refractivity contribution in [1.82, 2.24) is 5.43 Å². The van der Waals surface area contributed by atoms with E-state index in [9.17, 15) is 9.59 Å². The molecule has 1 N–H and O–H groups in total. The highest BCUT2D eigenvalue weighted by Crippen LogP contribution is 2.17. The van der Waals surface area contributed by atoms with Gasteiger partial charge in [-0.2, -0.15) is 5.10 Å². The van der Waals surface area contributed by atoms with Crippen LogP contribution in [0.1, 0.15) is 139 Å². The lowest BCUT2D eigenvalue weighted by molar-refractivity contribution is -0.121. The van der Waals surface area contributed by atoms with Crippen LogP contribution in [0.15, 0.2) is 53.6 Å². The number of esters is 1. The van der Waals surface area contributed by atoms with Gasteiger partial charge < -0.3 is 9.47 Å². The van der Waals surface area contributed by atoms with E-state index < -0.39 is 5.97 Å². The predicted molar refractivity (Wildman–Crippen MR) is 169 cm³/mol. The van der Waals surface area contributed by atoms with E-state index in [2.05, 4.69) is 17.5 Å². The molecule has 0 saturated carbocycles. The lowest BCUT2D eigenvalue weighted by atomic mass is 10.0. The van der Waals surface area contributed by atoms with Gasteiger partial charge in [-0.25, -0.2) is 10.2 Å². The normalized spacial score (nSPS) is 11.1. The van der Waals surface area contributed by atoms with Crippen LogP contribution in [-0.4, -0.2) is 24.7 Å². The molecule has 2 rings (SSSR count). The number of hydrogen-bond acceptors (Lipinski definition) is 5. The quantitative estimate of drug-likeness (QED) is 0.0479. The molecule has 0 unspecified atom stereocenters. The number of carbonyl (C=O) groups is 2. The van der Waals surface area contributed by atoms with Crippen LogP contribution >= 0.6 is 0 Å². The SMILES string of the molecule is CCCCCCCCCCCCCCCCCC(=O)NN=Cc1ccc(OC(=O)c2ccc(OCCC)cc2)cc1. The fraction of sp³-hybridized carbons (Fsp3) is 0.571. The summed E-state index contributed by atoms with van der Waals surface area (Å²) in [7, 11) is 0. The lowest BCUT2D eigenvalue weighted by Gasteiger charge is -2.07. The van der Waals surface area contributed by atoms with Gasteiger partial charge in [0.25, 0.3) is 0 Å². The summed E-state index contributed by atoms with van der Waals surface area (Å²) in [4.78, 5) is 24.4. The minimum Gasteiger partial charge on any atom is -0.494 e. The topological polar surface area (TPSA) is 77.0 Å². The Balaban J connectivity index is 1.49. The maximum Gasteiger partial charge on any atom is 0.343 e. The Morgan fingerprint density at radius 1 is 0.659 bits per heavy atom. The van der Waals surface area contributed by atoms with E-state index in [1.807, 2.05) is 6.92 Å². The molecule has 0 aliphatic rings. The molecule has 2 aromatic carbocycles. The zero-order chi connectivity index (χ0) is 29.4. The van der Waals surface area contributed by atoms with Gasteiger partial charge in [-0.1, -0.05) is 104 Å². The van der Waals surface area contributed by atoms with Crippen molar-refractivity contribution >= 4 is 18.1 Å². The molecule has 0 bridgehead atoms. The molecule has 0 aliphatic carbocycles. The number of ether oxygens (including phenoxy) is 2. The van der Waals surface area contributed by atoms with E-state index in [1.165, 1.54) is 83.5 Å². The first-order valence-corrected chi connectivity index (χ1v) is 16.0. The van der Waals surface area contributed by atoms with E-state index in [0.717, 1.165) is 30.6 Å². The molecule has 226 valence electrons. The zero-order valence-corrected chi connectivity index (χ0v) is 25.5. The van der Waals surface area contributed by atoms with E-state index >= 15 is 0 Å². The van der Waals surface area contributed by atoms with Crippen molar-refractivity contribution in [2.24, 2.45) is 5.10 Å². The zero-order valence-electron chi connectivity index (χ0n) is 25.5. The average molecular weight is 565 g/mol. The maximum atomic E-state index is 12.4. The Kier molecular flexibility index (Phi) is 18.7. The van der Waals surface area contributed by atoms with Crippen molar-refractivity contribution in [3.05, 3.63) is 59.7 Å². The highest BCUT2D eigenvalue weighted by Gasteiger charge is 2.09. The van der Waals surface area contributed by atoms with Crippen LogP contribution in [0.4, 0.5) is 0 Å². The van der Waals surface area contributed by atoms with E-state index in [0.29, 0.717) is 24.3 Å². The fourth-order valence-corrected chi connectivity index (χ4v) is 4.59. The van der Waals surface area contributed by atoms with Gasteiger partial charge >= 0.3 is 5.97 Å². The molecule has 6 nitrogen and oxygen atoms in total. The first kappa shape index (κ1) is 34.1. The van der Waals surface area contributed by atoms with Gasteiger partial charge in [0.2, 0.25) is 5.91 Å². The molecule has 6 heteroatoms. The maximum absolute atomic E-state index is 12.4. The molecule has 0 radical (unpaired) electrons. The second-order valence-corrected chi connectivity index (χ2v) is 10.8. The molecule has 0 aliphatic heterocycles. The molecule has 0 aromatic heterocycles. The Hall–Kier alpha value is -3.15. The summed E-state index contributed by atoms with van der Waals surface area (Å²) in [5.74, 6) is 0.678. The molecular weight excluding hydrogens is 512 g/mol.